The van der Waals surface area contributed by atoms with Crippen molar-refractivity contribution in [3.63, 3.8) is 0 Å². The summed E-state index contributed by atoms with van der Waals surface area (Å²) in [4.78, 5) is 17.4. The van der Waals surface area contributed by atoms with Gasteiger partial charge < -0.3 is 10.6 Å². The van der Waals surface area contributed by atoms with Gasteiger partial charge >= 0.3 is 0 Å². The van der Waals surface area contributed by atoms with Gasteiger partial charge in [0.2, 0.25) is 0 Å². The summed E-state index contributed by atoms with van der Waals surface area (Å²) >= 11 is 13.3. The number of thiophene rings is 1. The Labute approximate surface area is 131 Å². The van der Waals surface area contributed by atoms with Crippen LogP contribution in [0.2, 0.25) is 9.36 Å². The van der Waals surface area contributed by atoms with Crippen LogP contribution in [0.15, 0.2) is 24.3 Å². The van der Waals surface area contributed by atoms with Crippen LogP contribution in [-0.4, -0.2) is 17.9 Å². The highest BCUT2D eigenvalue weighted by Gasteiger charge is 2.17. The molecule has 4 nitrogen and oxygen atoms in total. The van der Waals surface area contributed by atoms with Crippen LogP contribution in [0.1, 0.15) is 28.3 Å². The Morgan fingerprint density at radius 3 is 2.65 bits per heavy atom. The molecule has 0 spiro atoms. The summed E-state index contributed by atoms with van der Waals surface area (Å²) < 4.78 is 0.689. The average Bonchev–Trinajstić information content (AvgIpc) is 2.86. The molecule has 0 aliphatic carbocycles. The first-order chi connectivity index (χ1) is 9.51. The molecule has 0 radical (unpaired) electrons. The third kappa shape index (κ3) is 3.42. The Morgan fingerprint density at radius 1 is 1.30 bits per heavy atom. The number of nitrogens with one attached hydrogen (secondary N) is 2. The fraction of sp³-hybridized carbons (Fsp3) is 0.231. The number of hydrogen-bond donors (Lipinski definition) is 2. The van der Waals surface area contributed by atoms with Gasteiger partial charge in [0.05, 0.1) is 15.4 Å². The number of hydrogen-bond acceptors (Lipinski definition) is 4. The maximum atomic E-state index is 12.2. The first kappa shape index (κ1) is 15.1. The summed E-state index contributed by atoms with van der Waals surface area (Å²) in [5.74, 6) is 0.274. The van der Waals surface area contributed by atoms with E-state index in [0.29, 0.717) is 15.2 Å². The fourth-order valence-electron chi connectivity index (χ4n) is 1.64. The molecule has 0 saturated carbocycles. The monoisotopic (exact) mass is 329 g/mol. The van der Waals surface area contributed by atoms with E-state index in [-0.39, 0.29) is 17.6 Å². The molecule has 2 rings (SSSR count). The molecular formula is C13H13Cl2N3OS. The van der Waals surface area contributed by atoms with Crippen molar-refractivity contribution in [2.24, 2.45) is 0 Å². The van der Waals surface area contributed by atoms with Crippen LogP contribution in [0, 0.1) is 0 Å². The van der Waals surface area contributed by atoms with Crippen molar-refractivity contribution in [3.8, 4) is 0 Å². The summed E-state index contributed by atoms with van der Waals surface area (Å²) in [6.45, 7) is 1.88. The maximum Gasteiger partial charge on any atom is 0.272 e. The zero-order valence-corrected chi connectivity index (χ0v) is 13.2. The lowest BCUT2D eigenvalue weighted by Crippen LogP contribution is -2.27. The Bertz CT molecular complexity index is 630. The van der Waals surface area contributed by atoms with E-state index in [9.17, 15) is 4.79 Å². The molecule has 0 aliphatic rings. The predicted molar refractivity (Wildman–Crippen MR) is 84.0 cm³/mol. The largest absolute Gasteiger partial charge is 0.373 e. The topological polar surface area (TPSA) is 54.0 Å². The molecule has 0 bridgehead atoms. The number of aromatic nitrogens is 1. The summed E-state index contributed by atoms with van der Waals surface area (Å²) in [6, 6.07) is 6.88. The zero-order chi connectivity index (χ0) is 14.7. The quantitative estimate of drug-likeness (QED) is 0.891. The molecule has 106 valence electrons. The van der Waals surface area contributed by atoms with Crippen LogP contribution >= 0.6 is 34.5 Å². The second-order valence-electron chi connectivity index (χ2n) is 4.11. The maximum absolute atomic E-state index is 12.2. The summed E-state index contributed by atoms with van der Waals surface area (Å²) in [5.41, 5.74) is 0.202. The second kappa shape index (κ2) is 6.43. The molecule has 1 atom stereocenters. The molecule has 0 aromatic carbocycles. The number of rotatable bonds is 4. The Hall–Kier alpha value is -1.30. The van der Waals surface area contributed by atoms with E-state index in [2.05, 4.69) is 15.6 Å². The van der Waals surface area contributed by atoms with Crippen LogP contribution < -0.4 is 10.6 Å². The fourth-order valence-corrected chi connectivity index (χ4v) is 2.89. The highest BCUT2D eigenvalue weighted by molar-refractivity contribution is 7.16. The first-order valence-corrected chi connectivity index (χ1v) is 7.49. The Morgan fingerprint density at radius 2 is 2.05 bits per heavy atom. The molecular weight excluding hydrogens is 317 g/mol. The number of halogens is 2. The third-order valence-electron chi connectivity index (χ3n) is 2.69. The molecule has 7 heteroatoms. The van der Waals surface area contributed by atoms with Gasteiger partial charge in [-0.15, -0.1) is 11.3 Å². The minimum atomic E-state index is -0.316. The van der Waals surface area contributed by atoms with Crippen molar-refractivity contribution in [3.05, 3.63) is 44.2 Å². The number of carbonyl (C=O) groups excluding carboxylic acids is 1. The minimum Gasteiger partial charge on any atom is -0.373 e. The number of nitrogens with zero attached hydrogens (tertiary/aromatic N) is 1. The summed E-state index contributed by atoms with van der Waals surface area (Å²) in [6.07, 6.45) is 0. The summed E-state index contributed by atoms with van der Waals surface area (Å²) in [7, 11) is 1.73. The van der Waals surface area contributed by atoms with Crippen molar-refractivity contribution in [1.82, 2.24) is 10.3 Å². The highest BCUT2D eigenvalue weighted by Crippen LogP contribution is 2.27. The van der Waals surface area contributed by atoms with Gasteiger partial charge in [-0.25, -0.2) is 4.98 Å². The second-order valence-corrected chi connectivity index (χ2v) is 6.27. The molecule has 0 saturated heterocycles. The first-order valence-electron chi connectivity index (χ1n) is 5.91. The molecule has 2 aromatic heterocycles. The van der Waals surface area contributed by atoms with Gasteiger partial charge in [0.25, 0.3) is 5.91 Å². The lowest BCUT2D eigenvalue weighted by atomic mass is 10.2. The van der Waals surface area contributed by atoms with E-state index in [1.54, 1.807) is 25.2 Å². The van der Waals surface area contributed by atoms with E-state index >= 15 is 0 Å². The van der Waals surface area contributed by atoms with Crippen LogP contribution in [0.25, 0.3) is 0 Å². The molecule has 20 heavy (non-hydrogen) atoms. The van der Waals surface area contributed by atoms with Crippen molar-refractivity contribution in [1.29, 1.82) is 0 Å². The van der Waals surface area contributed by atoms with Gasteiger partial charge in [-0.05, 0) is 31.2 Å². The van der Waals surface area contributed by atoms with Crippen molar-refractivity contribution < 1.29 is 4.79 Å². The predicted octanol–water partition coefficient (Wildman–Crippen LogP) is 3.98. The van der Waals surface area contributed by atoms with Crippen LogP contribution in [0.3, 0.4) is 0 Å². The van der Waals surface area contributed by atoms with Crippen molar-refractivity contribution in [2.45, 2.75) is 13.0 Å². The van der Waals surface area contributed by atoms with Gasteiger partial charge in [0, 0.05) is 11.9 Å². The van der Waals surface area contributed by atoms with E-state index in [1.807, 2.05) is 13.0 Å². The Kier molecular flexibility index (Phi) is 4.86. The van der Waals surface area contributed by atoms with Crippen LogP contribution in [-0.2, 0) is 0 Å². The van der Waals surface area contributed by atoms with Crippen LogP contribution in [0.5, 0.6) is 0 Å². The zero-order valence-electron chi connectivity index (χ0n) is 10.9. The standard InChI is InChI=1S/C13H13Cl2N3OS/c1-7(9-4-5-10(15)20-9)17-13(19)12-8(14)3-6-11(16-2)18-12/h3-7H,1-2H3,(H,16,18)(H,17,19). The van der Waals surface area contributed by atoms with E-state index in [1.165, 1.54) is 11.3 Å². The van der Waals surface area contributed by atoms with E-state index in [0.717, 1.165) is 4.88 Å². The molecule has 1 amide bonds. The lowest BCUT2D eigenvalue weighted by molar-refractivity contribution is 0.0936. The highest BCUT2D eigenvalue weighted by atomic mass is 35.5. The molecule has 2 heterocycles. The average molecular weight is 330 g/mol. The third-order valence-corrected chi connectivity index (χ3v) is 4.40. The van der Waals surface area contributed by atoms with Crippen LogP contribution in [0.4, 0.5) is 5.82 Å². The molecule has 0 aliphatic heterocycles. The van der Waals surface area contributed by atoms with E-state index in [4.69, 9.17) is 23.2 Å². The van der Waals surface area contributed by atoms with Gasteiger partial charge in [0.1, 0.15) is 11.5 Å². The number of carbonyl (C=O) groups is 1. The molecule has 2 N–H and O–H groups in total. The molecule has 1 unspecified atom stereocenters. The van der Waals surface area contributed by atoms with Gasteiger partial charge in [-0.2, -0.15) is 0 Å². The molecule has 2 aromatic rings. The lowest BCUT2D eigenvalue weighted by Gasteiger charge is -2.13. The van der Waals surface area contributed by atoms with E-state index < -0.39 is 0 Å². The van der Waals surface area contributed by atoms with Gasteiger partial charge in [-0.3, -0.25) is 4.79 Å². The smallest absolute Gasteiger partial charge is 0.272 e. The Balaban J connectivity index is 2.15. The minimum absolute atomic E-state index is 0.156. The summed E-state index contributed by atoms with van der Waals surface area (Å²) in [5, 5.41) is 6.05. The number of pyridine rings is 1. The number of amides is 1. The SMILES string of the molecule is CNc1ccc(Cl)c(C(=O)NC(C)c2ccc(Cl)s2)n1. The van der Waals surface area contributed by atoms with Crippen molar-refractivity contribution >= 4 is 46.3 Å². The van der Waals surface area contributed by atoms with Gasteiger partial charge in [-0.1, -0.05) is 23.2 Å². The van der Waals surface area contributed by atoms with Crippen molar-refractivity contribution in [2.75, 3.05) is 12.4 Å². The number of anilines is 1. The van der Waals surface area contributed by atoms with Gasteiger partial charge in [0.15, 0.2) is 0 Å². The molecule has 0 fully saturated rings. The normalized spacial score (nSPS) is 12.0.